The fourth-order valence-corrected chi connectivity index (χ4v) is 4.82. The summed E-state index contributed by atoms with van der Waals surface area (Å²) in [5, 5.41) is 10.4. The number of nitrogens with one attached hydrogen (secondary N) is 1. The number of nitrogens with zero attached hydrogens (tertiary/aromatic N) is 3. The Hall–Kier alpha value is -2.54. The molecule has 0 aliphatic heterocycles. The molecule has 152 valence electrons. The standard InChI is InChI=1S/C22H26N4O2S/c1-16-23-21(26-28-16)22(11-7-2-3-8-12-22)25-19(27)14-18-15-29-20(24-18)13-17-9-5-4-6-10-17/h4-6,9-10,15H,2-3,7-8,11-14H2,1H3,(H,25,27). The molecule has 0 spiro atoms. The molecule has 1 aliphatic carbocycles. The minimum absolute atomic E-state index is 0.0362. The highest BCUT2D eigenvalue weighted by atomic mass is 32.1. The van der Waals surface area contributed by atoms with Gasteiger partial charge in [0.25, 0.3) is 0 Å². The zero-order chi connectivity index (χ0) is 20.1. The van der Waals surface area contributed by atoms with E-state index in [-0.39, 0.29) is 12.3 Å². The van der Waals surface area contributed by atoms with Crippen LogP contribution in [0.2, 0.25) is 0 Å². The van der Waals surface area contributed by atoms with Crippen molar-refractivity contribution in [3.05, 3.63) is 63.7 Å². The lowest BCUT2D eigenvalue weighted by Crippen LogP contribution is -2.47. The molecular weight excluding hydrogens is 384 g/mol. The molecule has 6 nitrogen and oxygen atoms in total. The Bertz CT molecular complexity index is 943. The molecule has 0 atom stereocenters. The average molecular weight is 411 g/mol. The second-order valence-corrected chi connectivity index (χ2v) is 8.70. The van der Waals surface area contributed by atoms with E-state index in [0.717, 1.165) is 42.8 Å². The van der Waals surface area contributed by atoms with E-state index in [1.165, 1.54) is 18.4 Å². The molecule has 1 N–H and O–H groups in total. The Morgan fingerprint density at radius 1 is 1.14 bits per heavy atom. The van der Waals surface area contributed by atoms with Gasteiger partial charge in [0, 0.05) is 18.7 Å². The van der Waals surface area contributed by atoms with Crippen LogP contribution in [-0.2, 0) is 23.2 Å². The minimum atomic E-state index is -0.533. The lowest BCUT2D eigenvalue weighted by molar-refractivity contribution is -0.122. The maximum absolute atomic E-state index is 12.9. The van der Waals surface area contributed by atoms with Crippen LogP contribution in [0.5, 0.6) is 0 Å². The number of hydrogen-bond acceptors (Lipinski definition) is 6. The summed E-state index contributed by atoms with van der Waals surface area (Å²) in [6.45, 7) is 1.78. The van der Waals surface area contributed by atoms with E-state index in [1.807, 2.05) is 23.6 Å². The van der Waals surface area contributed by atoms with Gasteiger partial charge in [-0.05, 0) is 18.4 Å². The summed E-state index contributed by atoms with van der Waals surface area (Å²) in [6.07, 6.45) is 7.18. The number of carbonyl (C=O) groups is 1. The highest BCUT2D eigenvalue weighted by Crippen LogP contribution is 2.34. The van der Waals surface area contributed by atoms with Crippen LogP contribution in [0.25, 0.3) is 0 Å². The van der Waals surface area contributed by atoms with Gasteiger partial charge in [-0.2, -0.15) is 4.98 Å². The summed E-state index contributed by atoms with van der Waals surface area (Å²) >= 11 is 1.60. The maximum Gasteiger partial charge on any atom is 0.226 e. The lowest BCUT2D eigenvalue weighted by Gasteiger charge is -2.30. The molecule has 1 aliphatic rings. The Morgan fingerprint density at radius 3 is 2.59 bits per heavy atom. The van der Waals surface area contributed by atoms with Gasteiger partial charge in [0.1, 0.15) is 5.54 Å². The third-order valence-electron chi connectivity index (χ3n) is 5.43. The number of benzene rings is 1. The zero-order valence-electron chi connectivity index (χ0n) is 16.7. The fourth-order valence-electron chi connectivity index (χ4n) is 3.99. The van der Waals surface area contributed by atoms with Crippen LogP contribution < -0.4 is 5.32 Å². The predicted octanol–water partition coefficient (Wildman–Crippen LogP) is 4.33. The van der Waals surface area contributed by atoms with E-state index in [2.05, 4.69) is 32.6 Å². The topological polar surface area (TPSA) is 80.9 Å². The molecule has 2 heterocycles. The first-order valence-electron chi connectivity index (χ1n) is 10.2. The van der Waals surface area contributed by atoms with Crippen molar-refractivity contribution in [1.82, 2.24) is 20.4 Å². The summed E-state index contributed by atoms with van der Waals surface area (Å²) in [4.78, 5) is 22.0. The minimum Gasteiger partial charge on any atom is -0.343 e. The highest BCUT2D eigenvalue weighted by Gasteiger charge is 2.38. The van der Waals surface area contributed by atoms with Crippen molar-refractivity contribution in [3.63, 3.8) is 0 Å². The Morgan fingerprint density at radius 2 is 1.90 bits per heavy atom. The number of aryl methyl sites for hydroxylation is 1. The quantitative estimate of drug-likeness (QED) is 0.612. The van der Waals surface area contributed by atoms with E-state index in [9.17, 15) is 4.79 Å². The van der Waals surface area contributed by atoms with E-state index in [0.29, 0.717) is 11.7 Å². The second-order valence-electron chi connectivity index (χ2n) is 7.75. The summed E-state index contributed by atoms with van der Waals surface area (Å²) in [7, 11) is 0. The smallest absolute Gasteiger partial charge is 0.226 e. The van der Waals surface area contributed by atoms with E-state index < -0.39 is 5.54 Å². The monoisotopic (exact) mass is 410 g/mol. The number of thiazole rings is 1. The van der Waals surface area contributed by atoms with E-state index >= 15 is 0 Å². The van der Waals surface area contributed by atoms with Gasteiger partial charge in [0.05, 0.1) is 17.1 Å². The number of rotatable bonds is 6. The van der Waals surface area contributed by atoms with E-state index in [4.69, 9.17) is 4.52 Å². The number of hydrogen-bond donors (Lipinski definition) is 1. The molecule has 1 aromatic carbocycles. The molecule has 0 bridgehead atoms. The van der Waals surface area contributed by atoms with Crippen molar-refractivity contribution in [2.75, 3.05) is 0 Å². The Balaban J connectivity index is 1.44. The molecule has 0 saturated heterocycles. The van der Waals surface area contributed by atoms with Crippen molar-refractivity contribution < 1.29 is 9.32 Å². The van der Waals surface area contributed by atoms with Crippen LogP contribution in [0.1, 0.15) is 66.5 Å². The first-order chi connectivity index (χ1) is 14.1. The van der Waals surface area contributed by atoms with Gasteiger partial charge >= 0.3 is 0 Å². The van der Waals surface area contributed by atoms with Gasteiger partial charge in [-0.25, -0.2) is 4.98 Å². The van der Waals surface area contributed by atoms with Crippen LogP contribution in [0.15, 0.2) is 40.2 Å². The predicted molar refractivity (Wildman–Crippen MR) is 112 cm³/mol. The molecule has 2 aromatic heterocycles. The first kappa shape index (κ1) is 19.8. The number of carbonyl (C=O) groups excluding carboxylic acids is 1. The van der Waals surface area contributed by atoms with Crippen LogP contribution in [-0.4, -0.2) is 21.0 Å². The summed E-state index contributed by atoms with van der Waals surface area (Å²) in [5.74, 6) is 1.10. The van der Waals surface area contributed by atoms with Crippen molar-refractivity contribution in [2.24, 2.45) is 0 Å². The Labute approximate surface area is 174 Å². The highest BCUT2D eigenvalue weighted by molar-refractivity contribution is 7.09. The van der Waals surface area contributed by atoms with Crippen molar-refractivity contribution >= 4 is 17.2 Å². The normalized spacial score (nSPS) is 16.3. The zero-order valence-corrected chi connectivity index (χ0v) is 17.5. The first-order valence-corrected chi connectivity index (χ1v) is 11.1. The summed E-state index contributed by atoms with van der Waals surface area (Å²) in [6, 6.07) is 10.3. The summed E-state index contributed by atoms with van der Waals surface area (Å²) < 4.78 is 5.22. The fraction of sp³-hybridized carbons (Fsp3) is 0.455. The maximum atomic E-state index is 12.9. The lowest BCUT2D eigenvalue weighted by atomic mass is 9.89. The van der Waals surface area contributed by atoms with Gasteiger partial charge in [0.2, 0.25) is 11.8 Å². The molecule has 1 fully saturated rings. The van der Waals surface area contributed by atoms with Gasteiger partial charge < -0.3 is 9.84 Å². The average Bonchev–Trinajstić information content (AvgIpc) is 3.27. The molecule has 0 unspecified atom stereocenters. The molecular formula is C22H26N4O2S. The largest absolute Gasteiger partial charge is 0.343 e. The number of aromatic nitrogens is 3. The molecule has 4 rings (SSSR count). The van der Waals surface area contributed by atoms with Crippen LogP contribution >= 0.6 is 11.3 Å². The van der Waals surface area contributed by atoms with Crippen molar-refractivity contribution in [1.29, 1.82) is 0 Å². The molecule has 0 radical (unpaired) electrons. The third kappa shape index (κ3) is 4.90. The van der Waals surface area contributed by atoms with Crippen LogP contribution in [0, 0.1) is 6.92 Å². The Kier molecular flexibility index (Phi) is 6.04. The SMILES string of the molecule is Cc1nc(C2(NC(=O)Cc3csc(Cc4ccccc4)n3)CCCCCC2)no1. The van der Waals surface area contributed by atoms with Crippen molar-refractivity contribution in [2.45, 2.75) is 63.8 Å². The summed E-state index contributed by atoms with van der Waals surface area (Å²) in [5.41, 5.74) is 1.50. The molecule has 7 heteroatoms. The van der Waals surface area contributed by atoms with Gasteiger partial charge in [-0.1, -0.05) is 61.2 Å². The molecule has 1 amide bonds. The third-order valence-corrected chi connectivity index (χ3v) is 6.33. The number of amides is 1. The van der Waals surface area contributed by atoms with E-state index in [1.54, 1.807) is 18.3 Å². The molecule has 1 saturated carbocycles. The molecule has 29 heavy (non-hydrogen) atoms. The van der Waals surface area contributed by atoms with Crippen molar-refractivity contribution in [3.8, 4) is 0 Å². The van der Waals surface area contributed by atoms with Gasteiger partial charge in [0.15, 0.2) is 5.82 Å². The van der Waals surface area contributed by atoms with Gasteiger partial charge in [-0.3, -0.25) is 4.79 Å². The molecule has 3 aromatic rings. The van der Waals surface area contributed by atoms with Crippen LogP contribution in [0.3, 0.4) is 0 Å². The van der Waals surface area contributed by atoms with Crippen LogP contribution in [0.4, 0.5) is 0 Å². The van der Waals surface area contributed by atoms with Gasteiger partial charge in [-0.15, -0.1) is 11.3 Å². The second kappa shape index (κ2) is 8.86.